The van der Waals surface area contributed by atoms with E-state index < -0.39 is 5.97 Å². The van der Waals surface area contributed by atoms with Gasteiger partial charge in [0.05, 0.1) is 13.4 Å². The molecular formula is C9H8ClNO3. The lowest BCUT2D eigenvalue weighted by atomic mass is 10.1. The number of nitrogens with zero attached hydrogens (tertiary/aromatic N) is 1. The van der Waals surface area contributed by atoms with Crippen molar-refractivity contribution in [2.75, 3.05) is 7.11 Å². The minimum Gasteiger partial charge on any atom is -0.503 e. The highest BCUT2D eigenvalue weighted by molar-refractivity contribution is 6.33. The number of hydrogen-bond donors (Lipinski definition) is 1. The first kappa shape index (κ1) is 10.5. The molecule has 0 unspecified atom stereocenters. The Kier molecular flexibility index (Phi) is 3.48. The van der Waals surface area contributed by atoms with Crippen molar-refractivity contribution < 1.29 is 14.6 Å². The van der Waals surface area contributed by atoms with E-state index in [1.54, 1.807) is 12.1 Å². The fourth-order valence-electron chi connectivity index (χ4n) is 0.934. The molecular weight excluding hydrogens is 206 g/mol. The zero-order chi connectivity index (χ0) is 10.6. The van der Waals surface area contributed by atoms with E-state index in [2.05, 4.69) is 9.72 Å². The van der Waals surface area contributed by atoms with Crippen molar-refractivity contribution in [2.24, 2.45) is 0 Å². The van der Waals surface area contributed by atoms with Crippen LogP contribution in [0.5, 0.6) is 0 Å². The summed E-state index contributed by atoms with van der Waals surface area (Å²) in [5.41, 5.74) is 0.314. The lowest BCUT2D eigenvalue weighted by Crippen LogP contribution is -2.01. The van der Waals surface area contributed by atoms with Gasteiger partial charge < -0.3 is 9.84 Å². The fourth-order valence-corrected chi connectivity index (χ4v) is 1.16. The molecule has 0 bridgehead atoms. The van der Waals surface area contributed by atoms with Gasteiger partial charge in [-0.1, -0.05) is 11.6 Å². The van der Waals surface area contributed by atoms with Crippen molar-refractivity contribution in [1.29, 1.82) is 0 Å². The SMILES string of the molecule is COC=C(C(=O)O)c1cccnc1Cl. The van der Waals surface area contributed by atoms with E-state index in [4.69, 9.17) is 16.7 Å². The van der Waals surface area contributed by atoms with Gasteiger partial charge in [0, 0.05) is 11.8 Å². The molecule has 0 atom stereocenters. The number of hydrogen-bond acceptors (Lipinski definition) is 3. The normalized spacial score (nSPS) is 11.1. The summed E-state index contributed by atoms with van der Waals surface area (Å²) in [5.74, 6) is -1.11. The molecule has 1 aromatic heterocycles. The van der Waals surface area contributed by atoms with Crippen molar-refractivity contribution in [3.63, 3.8) is 0 Å². The van der Waals surface area contributed by atoms with Gasteiger partial charge in [0.2, 0.25) is 0 Å². The van der Waals surface area contributed by atoms with Crippen molar-refractivity contribution in [1.82, 2.24) is 4.98 Å². The van der Waals surface area contributed by atoms with E-state index in [9.17, 15) is 4.79 Å². The Morgan fingerprint density at radius 1 is 1.71 bits per heavy atom. The lowest BCUT2D eigenvalue weighted by Gasteiger charge is -2.03. The minimum absolute atomic E-state index is 0.0226. The van der Waals surface area contributed by atoms with Gasteiger partial charge in [-0.05, 0) is 12.1 Å². The maximum Gasteiger partial charge on any atom is 0.339 e. The highest BCUT2D eigenvalue weighted by Crippen LogP contribution is 2.21. The van der Waals surface area contributed by atoms with Gasteiger partial charge in [-0.15, -0.1) is 0 Å². The van der Waals surface area contributed by atoms with Crippen LogP contribution in [0.3, 0.4) is 0 Å². The average Bonchev–Trinajstić information content (AvgIpc) is 2.15. The van der Waals surface area contributed by atoms with Gasteiger partial charge in [-0.25, -0.2) is 9.78 Å². The number of pyridine rings is 1. The Bertz CT molecular complexity index is 376. The minimum atomic E-state index is -1.11. The summed E-state index contributed by atoms with van der Waals surface area (Å²) in [7, 11) is 1.37. The topological polar surface area (TPSA) is 59.4 Å². The predicted octanol–water partition coefficient (Wildman–Crippen LogP) is 1.81. The molecule has 4 nitrogen and oxygen atoms in total. The van der Waals surface area contributed by atoms with Gasteiger partial charge in [0.25, 0.3) is 0 Å². The van der Waals surface area contributed by atoms with E-state index >= 15 is 0 Å². The van der Waals surface area contributed by atoms with Crippen LogP contribution in [0.15, 0.2) is 24.6 Å². The molecule has 0 aliphatic carbocycles. The van der Waals surface area contributed by atoms with Gasteiger partial charge in [0.1, 0.15) is 10.7 Å². The van der Waals surface area contributed by atoms with E-state index in [0.717, 1.165) is 6.26 Å². The molecule has 0 aliphatic heterocycles. The summed E-state index contributed by atoms with van der Waals surface area (Å²) >= 11 is 5.73. The molecule has 74 valence electrons. The molecule has 0 spiro atoms. The average molecular weight is 214 g/mol. The van der Waals surface area contributed by atoms with E-state index in [0.29, 0.717) is 5.56 Å². The monoisotopic (exact) mass is 213 g/mol. The number of carboxylic acids is 1. The summed E-state index contributed by atoms with van der Waals surface area (Å²) in [6.07, 6.45) is 2.60. The van der Waals surface area contributed by atoms with Gasteiger partial charge >= 0.3 is 5.97 Å². The summed E-state index contributed by atoms with van der Waals surface area (Å²) in [5, 5.41) is 8.98. The van der Waals surface area contributed by atoms with Crippen LogP contribution in [0.4, 0.5) is 0 Å². The molecule has 14 heavy (non-hydrogen) atoms. The highest BCUT2D eigenvalue weighted by Gasteiger charge is 2.14. The van der Waals surface area contributed by atoms with E-state index in [1.807, 2.05) is 0 Å². The number of carbonyl (C=O) groups is 1. The van der Waals surface area contributed by atoms with Crippen LogP contribution in [-0.2, 0) is 9.53 Å². The fraction of sp³-hybridized carbons (Fsp3) is 0.111. The van der Waals surface area contributed by atoms with E-state index in [-0.39, 0.29) is 10.7 Å². The maximum atomic E-state index is 10.8. The van der Waals surface area contributed by atoms with Crippen LogP contribution in [0.25, 0.3) is 5.57 Å². The Hall–Kier alpha value is -1.55. The van der Waals surface area contributed by atoms with Gasteiger partial charge in [0.15, 0.2) is 0 Å². The Morgan fingerprint density at radius 3 is 2.93 bits per heavy atom. The number of halogens is 1. The quantitative estimate of drug-likeness (QED) is 0.473. The molecule has 0 saturated heterocycles. The molecule has 5 heteroatoms. The number of aromatic nitrogens is 1. The van der Waals surface area contributed by atoms with Crippen molar-refractivity contribution >= 4 is 23.1 Å². The molecule has 1 rings (SSSR count). The van der Waals surface area contributed by atoms with Crippen LogP contribution in [0.2, 0.25) is 5.15 Å². The third-order valence-electron chi connectivity index (χ3n) is 1.52. The maximum absolute atomic E-state index is 10.8. The number of methoxy groups -OCH3 is 1. The second-order valence-electron chi connectivity index (χ2n) is 2.41. The molecule has 0 aromatic carbocycles. The van der Waals surface area contributed by atoms with Crippen LogP contribution in [0, 0.1) is 0 Å². The standard InChI is InChI=1S/C9H8ClNO3/c1-14-5-7(9(12)13)6-3-2-4-11-8(6)10/h2-5H,1H3,(H,12,13). The summed E-state index contributed by atoms with van der Waals surface area (Å²) in [4.78, 5) is 14.6. The summed E-state index contributed by atoms with van der Waals surface area (Å²) < 4.78 is 4.65. The summed E-state index contributed by atoms with van der Waals surface area (Å²) in [6, 6.07) is 3.17. The smallest absolute Gasteiger partial charge is 0.339 e. The molecule has 0 amide bonds. The second kappa shape index (κ2) is 4.62. The Morgan fingerprint density at radius 2 is 2.43 bits per heavy atom. The zero-order valence-corrected chi connectivity index (χ0v) is 8.15. The van der Waals surface area contributed by atoms with Crippen LogP contribution >= 0.6 is 11.6 Å². The molecule has 1 heterocycles. The number of carboxylic acid groups (broad SMARTS) is 1. The largest absolute Gasteiger partial charge is 0.503 e. The third kappa shape index (κ3) is 2.23. The Balaban J connectivity index is 3.19. The highest BCUT2D eigenvalue weighted by atomic mass is 35.5. The van der Waals surface area contributed by atoms with E-state index in [1.165, 1.54) is 13.3 Å². The van der Waals surface area contributed by atoms with Crippen LogP contribution < -0.4 is 0 Å². The van der Waals surface area contributed by atoms with Crippen molar-refractivity contribution in [2.45, 2.75) is 0 Å². The van der Waals surface area contributed by atoms with Gasteiger partial charge in [-0.3, -0.25) is 0 Å². The molecule has 0 radical (unpaired) electrons. The van der Waals surface area contributed by atoms with Crippen LogP contribution in [-0.4, -0.2) is 23.2 Å². The molecule has 1 aromatic rings. The van der Waals surface area contributed by atoms with Crippen molar-refractivity contribution in [3.05, 3.63) is 35.3 Å². The second-order valence-corrected chi connectivity index (χ2v) is 2.77. The predicted molar refractivity (Wildman–Crippen MR) is 51.9 cm³/mol. The summed E-state index contributed by atoms with van der Waals surface area (Å²) in [6.45, 7) is 0. The molecule has 0 saturated carbocycles. The first-order valence-corrected chi connectivity index (χ1v) is 4.11. The van der Waals surface area contributed by atoms with Crippen molar-refractivity contribution in [3.8, 4) is 0 Å². The van der Waals surface area contributed by atoms with Gasteiger partial charge in [-0.2, -0.15) is 0 Å². The molecule has 0 aliphatic rings. The van der Waals surface area contributed by atoms with Crippen LogP contribution in [0.1, 0.15) is 5.56 Å². The number of aliphatic carboxylic acids is 1. The number of ether oxygens (including phenoxy) is 1. The molecule has 0 fully saturated rings. The lowest BCUT2D eigenvalue weighted by molar-refractivity contribution is -0.130. The third-order valence-corrected chi connectivity index (χ3v) is 1.82. The Labute approximate surface area is 85.8 Å². The zero-order valence-electron chi connectivity index (χ0n) is 7.40. The molecule has 1 N–H and O–H groups in total. The number of rotatable bonds is 3. The first-order chi connectivity index (χ1) is 6.66. The first-order valence-electron chi connectivity index (χ1n) is 3.74.